The number of nitrogens with zero attached hydrogens (tertiary/aromatic N) is 8. The van der Waals surface area contributed by atoms with Crippen LogP contribution in [0.4, 0.5) is 16.6 Å². The molecule has 7 rings (SSSR count). The molecule has 4 aromatic rings. The van der Waals surface area contributed by atoms with Gasteiger partial charge < -0.3 is 19.4 Å². The summed E-state index contributed by atoms with van der Waals surface area (Å²) in [5, 5.41) is 16.4. The Bertz CT molecular complexity index is 1720. The summed E-state index contributed by atoms with van der Waals surface area (Å²) in [7, 11) is 1.98. The Balaban J connectivity index is 1.15. The maximum absolute atomic E-state index is 12.8. The number of likely N-dealkylation sites (tertiary alicyclic amines) is 1. The van der Waals surface area contributed by atoms with Crippen LogP contribution in [0, 0.1) is 36.5 Å². The van der Waals surface area contributed by atoms with Crippen LogP contribution < -0.4 is 9.80 Å². The van der Waals surface area contributed by atoms with E-state index in [9.17, 15) is 10.1 Å². The molecule has 11 heteroatoms. The number of hydrogen-bond acceptors (Lipinski definition) is 9. The van der Waals surface area contributed by atoms with Crippen molar-refractivity contribution in [3.8, 4) is 17.3 Å². The molecule has 42 heavy (non-hydrogen) atoms. The molecule has 0 saturated carbocycles. The number of thiazole rings is 1. The van der Waals surface area contributed by atoms with Gasteiger partial charge in [-0.05, 0) is 33.3 Å². The van der Waals surface area contributed by atoms with Gasteiger partial charge in [-0.25, -0.2) is 14.6 Å². The fraction of sp³-hybridized carbons (Fsp3) is 0.452. The Labute approximate surface area is 249 Å². The lowest BCUT2D eigenvalue weighted by Crippen LogP contribution is -2.73. The number of aromatic nitrogens is 4. The zero-order chi connectivity index (χ0) is 29.2. The lowest BCUT2D eigenvalue weighted by molar-refractivity contribution is -0.149. The van der Waals surface area contributed by atoms with E-state index in [1.54, 1.807) is 0 Å². The van der Waals surface area contributed by atoms with Crippen molar-refractivity contribution in [3.63, 3.8) is 0 Å². The van der Waals surface area contributed by atoms with Crippen molar-refractivity contribution in [2.75, 3.05) is 56.2 Å². The van der Waals surface area contributed by atoms with Crippen LogP contribution in [0.3, 0.4) is 0 Å². The Kier molecular flexibility index (Phi) is 6.44. The summed E-state index contributed by atoms with van der Waals surface area (Å²) in [5.74, 6) is 1.19. The van der Waals surface area contributed by atoms with Gasteiger partial charge in [0.15, 0.2) is 10.8 Å². The molecule has 0 bridgehead atoms. The number of ether oxygens (including phenoxy) is 1. The van der Waals surface area contributed by atoms with Crippen LogP contribution in [0.2, 0.25) is 0 Å². The molecule has 3 aliphatic heterocycles. The second-order valence-electron chi connectivity index (χ2n) is 11.9. The molecular formula is C31H34N8O2S. The molecule has 1 amide bonds. The van der Waals surface area contributed by atoms with E-state index < -0.39 is 0 Å². The van der Waals surface area contributed by atoms with Crippen molar-refractivity contribution in [3.05, 3.63) is 46.5 Å². The van der Waals surface area contributed by atoms with E-state index in [-0.39, 0.29) is 17.2 Å². The van der Waals surface area contributed by atoms with Crippen LogP contribution in [0.25, 0.3) is 22.3 Å². The maximum atomic E-state index is 12.8. The molecule has 1 aromatic carbocycles. The fourth-order valence-corrected chi connectivity index (χ4v) is 7.43. The minimum Gasteiger partial charge on any atom is -0.381 e. The maximum Gasteiger partial charge on any atom is 0.228 e. The van der Waals surface area contributed by atoms with Crippen LogP contribution in [0.5, 0.6) is 0 Å². The molecule has 3 fully saturated rings. The normalized spacial score (nSPS) is 19.2. The molecule has 0 unspecified atom stereocenters. The second kappa shape index (κ2) is 10.1. The van der Waals surface area contributed by atoms with Gasteiger partial charge in [-0.1, -0.05) is 41.2 Å². The number of rotatable bonds is 6. The molecule has 216 valence electrons. The largest absolute Gasteiger partial charge is 0.381 e. The first-order valence-electron chi connectivity index (χ1n) is 14.5. The molecule has 1 atom stereocenters. The van der Waals surface area contributed by atoms with Crippen molar-refractivity contribution >= 4 is 44.9 Å². The van der Waals surface area contributed by atoms with Gasteiger partial charge in [0.1, 0.15) is 22.5 Å². The van der Waals surface area contributed by atoms with Gasteiger partial charge >= 0.3 is 0 Å². The van der Waals surface area contributed by atoms with Gasteiger partial charge in [0.25, 0.3) is 0 Å². The van der Waals surface area contributed by atoms with Crippen LogP contribution in [-0.4, -0.2) is 77.0 Å². The predicted molar refractivity (Wildman–Crippen MR) is 163 cm³/mol. The van der Waals surface area contributed by atoms with Crippen molar-refractivity contribution in [2.45, 2.75) is 33.7 Å². The zero-order valence-corrected chi connectivity index (χ0v) is 25.2. The number of amides is 1. The molecule has 1 spiro atoms. The number of hydrogen-bond donors (Lipinski definition) is 0. The number of benzene rings is 1. The van der Waals surface area contributed by atoms with Crippen LogP contribution in [0.15, 0.2) is 30.3 Å². The highest BCUT2D eigenvalue weighted by atomic mass is 32.1. The topological polar surface area (TPSA) is 103 Å². The van der Waals surface area contributed by atoms with Crippen LogP contribution >= 0.6 is 11.3 Å². The summed E-state index contributed by atoms with van der Waals surface area (Å²) in [6.45, 7) is 11.6. The number of pyridine rings is 1. The van der Waals surface area contributed by atoms with E-state index in [1.165, 1.54) is 11.3 Å². The van der Waals surface area contributed by atoms with Gasteiger partial charge in [0.2, 0.25) is 5.91 Å². The number of carbonyl (C=O) groups is 1. The number of carbonyl (C=O) groups excluding carboxylic acids is 1. The first-order chi connectivity index (χ1) is 20.3. The molecular weight excluding hydrogens is 548 g/mol. The molecule has 6 heterocycles. The van der Waals surface area contributed by atoms with Crippen molar-refractivity contribution < 1.29 is 9.53 Å². The van der Waals surface area contributed by atoms with Crippen LogP contribution in [-0.2, 0) is 16.1 Å². The van der Waals surface area contributed by atoms with E-state index >= 15 is 0 Å². The number of fused-ring (bicyclic) bond motifs is 1. The first-order valence-corrected chi connectivity index (χ1v) is 15.3. The minimum absolute atomic E-state index is 0.0351. The molecule has 0 N–H and O–H groups in total. The van der Waals surface area contributed by atoms with E-state index in [4.69, 9.17) is 19.8 Å². The number of nitriles is 1. The summed E-state index contributed by atoms with van der Waals surface area (Å²) in [6, 6.07) is 12.7. The zero-order valence-electron chi connectivity index (χ0n) is 24.4. The van der Waals surface area contributed by atoms with Crippen molar-refractivity contribution in [1.29, 1.82) is 5.26 Å². The fourth-order valence-electron chi connectivity index (χ4n) is 6.58. The summed E-state index contributed by atoms with van der Waals surface area (Å²) >= 11 is 1.39. The number of anilines is 3. The minimum atomic E-state index is 0.0351. The molecule has 10 nitrogen and oxygen atoms in total. The molecule has 0 aliphatic carbocycles. The van der Waals surface area contributed by atoms with Gasteiger partial charge in [-0.15, -0.1) is 0 Å². The quantitative estimate of drug-likeness (QED) is 0.327. The van der Waals surface area contributed by atoms with E-state index in [0.717, 1.165) is 71.4 Å². The van der Waals surface area contributed by atoms with Crippen molar-refractivity contribution in [1.82, 2.24) is 24.6 Å². The third-order valence-corrected chi connectivity index (χ3v) is 9.89. The SMILES string of the molecule is CCn1nc2nc(C)c(N3CC4(CN(C(=O)[C@H]5CCOC5)C4)C3)cc2c1N(C)c1nc(-c2ccc(C)cc2)c(C#N)s1. The Hall–Kier alpha value is -4.01. The Morgan fingerprint density at radius 3 is 2.62 bits per heavy atom. The highest BCUT2D eigenvalue weighted by Crippen LogP contribution is 2.45. The predicted octanol–water partition coefficient (Wildman–Crippen LogP) is 4.52. The lowest BCUT2D eigenvalue weighted by Gasteiger charge is -2.61. The van der Waals surface area contributed by atoms with E-state index in [2.05, 4.69) is 24.0 Å². The molecule has 3 aliphatic rings. The standard InChI is InChI=1S/C31H34N8O2S/c1-5-39-28(36(4)30-34-26(25(13-32)42-30)21-8-6-19(2)7-9-21)23-12-24(20(3)33-27(23)35-39)37-15-31(16-37)17-38(18-31)29(40)22-10-11-41-14-22/h6-9,12,22H,5,10-11,14-18H2,1-4H3/t22-/m0/s1. The van der Waals surface area contributed by atoms with E-state index in [1.807, 2.05) is 59.6 Å². The summed E-state index contributed by atoms with van der Waals surface area (Å²) < 4.78 is 7.38. The highest BCUT2D eigenvalue weighted by Gasteiger charge is 2.54. The summed E-state index contributed by atoms with van der Waals surface area (Å²) in [5.41, 5.74) is 5.72. The Morgan fingerprint density at radius 2 is 1.95 bits per heavy atom. The molecule has 3 aromatic heterocycles. The average molecular weight is 583 g/mol. The van der Waals surface area contributed by atoms with E-state index in [0.29, 0.717) is 36.0 Å². The van der Waals surface area contributed by atoms with Crippen LogP contribution in [0.1, 0.15) is 29.5 Å². The first kappa shape index (κ1) is 26.9. The number of aryl methyl sites for hydroxylation is 3. The lowest BCUT2D eigenvalue weighted by atomic mass is 9.72. The monoisotopic (exact) mass is 582 g/mol. The van der Waals surface area contributed by atoms with Gasteiger partial charge in [0, 0.05) is 57.4 Å². The average Bonchev–Trinajstić information content (AvgIpc) is 3.70. The smallest absolute Gasteiger partial charge is 0.228 e. The third kappa shape index (κ3) is 4.32. The highest BCUT2D eigenvalue weighted by molar-refractivity contribution is 7.16. The molecule has 3 saturated heterocycles. The molecule has 0 radical (unpaired) electrons. The van der Waals surface area contributed by atoms with Gasteiger partial charge in [-0.2, -0.15) is 10.4 Å². The van der Waals surface area contributed by atoms with Crippen molar-refractivity contribution in [2.24, 2.45) is 11.3 Å². The van der Waals surface area contributed by atoms with Gasteiger partial charge in [0.05, 0.1) is 29.3 Å². The third-order valence-electron chi connectivity index (χ3n) is 8.85. The van der Waals surface area contributed by atoms with Gasteiger partial charge in [-0.3, -0.25) is 4.79 Å². The summed E-state index contributed by atoms with van der Waals surface area (Å²) in [4.78, 5) is 29.6. The second-order valence-corrected chi connectivity index (χ2v) is 12.9. The summed E-state index contributed by atoms with van der Waals surface area (Å²) in [6.07, 6.45) is 0.841. The Morgan fingerprint density at radius 1 is 1.19 bits per heavy atom.